The minimum atomic E-state index is -0.547. The highest BCUT2D eigenvalue weighted by Crippen LogP contribution is 2.33. The molecule has 4 nitrogen and oxygen atoms in total. The fraction of sp³-hybridized carbons (Fsp3) is 0.118. The van der Waals surface area contributed by atoms with Crippen LogP contribution in [0.25, 0.3) is 6.08 Å². The van der Waals surface area contributed by atoms with Gasteiger partial charge in [0.1, 0.15) is 10.8 Å². The van der Waals surface area contributed by atoms with Crippen molar-refractivity contribution in [3.8, 4) is 6.07 Å². The summed E-state index contributed by atoms with van der Waals surface area (Å²) < 4.78 is 19.1. The lowest BCUT2D eigenvalue weighted by Crippen LogP contribution is -2.09. The van der Waals surface area contributed by atoms with E-state index in [-0.39, 0.29) is 22.6 Å². The number of nitrogens with zero attached hydrogens (tertiary/aromatic N) is 2. The molecule has 23 heavy (non-hydrogen) atoms. The second kappa shape index (κ2) is 7.56. The zero-order valence-corrected chi connectivity index (χ0v) is 13.2. The van der Waals surface area contributed by atoms with Crippen LogP contribution in [0.5, 0.6) is 0 Å². The Kier molecular flexibility index (Phi) is 5.50. The first kappa shape index (κ1) is 16.7. The molecule has 0 bridgehead atoms. The SMILES string of the molecule is C=Cc1ccnc(Sc2ccc(C#N)cc2F)c1C(=O)OCC. The molecule has 1 aromatic heterocycles. The summed E-state index contributed by atoms with van der Waals surface area (Å²) in [5, 5.41) is 9.10. The van der Waals surface area contributed by atoms with Crippen molar-refractivity contribution in [1.82, 2.24) is 4.98 Å². The number of halogens is 1. The smallest absolute Gasteiger partial charge is 0.341 e. The summed E-state index contributed by atoms with van der Waals surface area (Å²) in [6.45, 7) is 5.59. The van der Waals surface area contributed by atoms with Crippen molar-refractivity contribution < 1.29 is 13.9 Å². The molecule has 0 unspecified atom stereocenters. The first-order valence-electron chi connectivity index (χ1n) is 6.76. The lowest BCUT2D eigenvalue weighted by atomic mass is 10.1. The van der Waals surface area contributed by atoms with Crippen LogP contribution in [0, 0.1) is 17.1 Å². The summed E-state index contributed by atoms with van der Waals surface area (Å²) in [5.74, 6) is -1.08. The number of rotatable bonds is 5. The first-order chi connectivity index (χ1) is 11.1. The van der Waals surface area contributed by atoms with Gasteiger partial charge >= 0.3 is 5.97 Å². The van der Waals surface area contributed by atoms with Crippen LogP contribution in [-0.4, -0.2) is 17.6 Å². The average molecular weight is 328 g/mol. The van der Waals surface area contributed by atoms with Gasteiger partial charge in [-0.1, -0.05) is 24.4 Å². The highest BCUT2D eigenvalue weighted by atomic mass is 32.2. The maximum Gasteiger partial charge on any atom is 0.341 e. The molecule has 0 amide bonds. The Morgan fingerprint density at radius 2 is 2.30 bits per heavy atom. The molecule has 0 spiro atoms. The number of hydrogen-bond acceptors (Lipinski definition) is 5. The highest BCUT2D eigenvalue weighted by molar-refractivity contribution is 7.99. The molecule has 0 aliphatic heterocycles. The van der Waals surface area contributed by atoms with E-state index in [1.165, 1.54) is 24.4 Å². The van der Waals surface area contributed by atoms with Crippen molar-refractivity contribution in [3.63, 3.8) is 0 Å². The van der Waals surface area contributed by atoms with Crippen LogP contribution in [0.2, 0.25) is 0 Å². The lowest BCUT2D eigenvalue weighted by Gasteiger charge is -2.11. The molecule has 0 aliphatic rings. The van der Waals surface area contributed by atoms with Gasteiger partial charge in [0, 0.05) is 11.1 Å². The highest BCUT2D eigenvalue weighted by Gasteiger charge is 2.19. The molecule has 0 saturated carbocycles. The van der Waals surface area contributed by atoms with Gasteiger partial charge in [-0.05, 0) is 36.8 Å². The summed E-state index contributed by atoms with van der Waals surface area (Å²) >= 11 is 1.000. The number of ether oxygens (including phenoxy) is 1. The van der Waals surface area contributed by atoms with Gasteiger partial charge < -0.3 is 4.74 Å². The summed E-state index contributed by atoms with van der Waals surface area (Å²) in [6.07, 6.45) is 3.04. The minimum Gasteiger partial charge on any atom is -0.462 e. The Hall–Kier alpha value is -2.65. The average Bonchev–Trinajstić information content (AvgIpc) is 2.56. The fourth-order valence-electron chi connectivity index (χ4n) is 1.87. The van der Waals surface area contributed by atoms with E-state index >= 15 is 0 Å². The minimum absolute atomic E-state index is 0.222. The van der Waals surface area contributed by atoms with Crippen molar-refractivity contribution in [2.24, 2.45) is 0 Å². The maximum atomic E-state index is 14.1. The van der Waals surface area contributed by atoms with E-state index in [4.69, 9.17) is 10.00 Å². The Balaban J connectivity index is 2.46. The topological polar surface area (TPSA) is 63.0 Å². The van der Waals surface area contributed by atoms with Crippen LogP contribution in [-0.2, 0) is 4.74 Å². The second-order valence-electron chi connectivity index (χ2n) is 4.36. The van der Waals surface area contributed by atoms with E-state index < -0.39 is 11.8 Å². The number of carbonyl (C=O) groups is 1. The predicted molar refractivity (Wildman–Crippen MR) is 85.5 cm³/mol. The third-order valence-electron chi connectivity index (χ3n) is 2.92. The fourth-order valence-corrected chi connectivity index (χ4v) is 2.79. The van der Waals surface area contributed by atoms with Crippen molar-refractivity contribution in [2.45, 2.75) is 16.8 Å². The Morgan fingerprint density at radius 3 is 2.91 bits per heavy atom. The van der Waals surface area contributed by atoms with Crippen molar-refractivity contribution in [1.29, 1.82) is 5.26 Å². The van der Waals surface area contributed by atoms with E-state index in [1.807, 2.05) is 6.07 Å². The van der Waals surface area contributed by atoms with Gasteiger partial charge in [-0.25, -0.2) is 14.2 Å². The molecule has 2 rings (SSSR count). The molecule has 0 fully saturated rings. The number of aromatic nitrogens is 1. The number of hydrogen-bond donors (Lipinski definition) is 0. The molecule has 116 valence electrons. The van der Waals surface area contributed by atoms with Gasteiger partial charge in [-0.3, -0.25) is 0 Å². The quantitative estimate of drug-likeness (QED) is 0.774. The van der Waals surface area contributed by atoms with E-state index in [0.29, 0.717) is 10.6 Å². The van der Waals surface area contributed by atoms with Crippen molar-refractivity contribution in [2.75, 3.05) is 6.61 Å². The van der Waals surface area contributed by atoms with Crippen LogP contribution >= 0.6 is 11.8 Å². The number of carbonyl (C=O) groups excluding carboxylic acids is 1. The predicted octanol–water partition coefficient (Wildman–Crippen LogP) is 4.06. The molecule has 0 N–H and O–H groups in total. The zero-order valence-electron chi connectivity index (χ0n) is 12.4. The molecule has 2 aromatic rings. The molecule has 6 heteroatoms. The van der Waals surface area contributed by atoms with E-state index in [2.05, 4.69) is 11.6 Å². The second-order valence-corrected chi connectivity index (χ2v) is 5.39. The summed E-state index contributed by atoms with van der Waals surface area (Å²) in [7, 11) is 0. The summed E-state index contributed by atoms with van der Waals surface area (Å²) in [6, 6.07) is 7.64. The summed E-state index contributed by atoms with van der Waals surface area (Å²) in [5.41, 5.74) is 1.04. The first-order valence-corrected chi connectivity index (χ1v) is 7.58. The van der Waals surface area contributed by atoms with Crippen LogP contribution in [0.1, 0.15) is 28.4 Å². The van der Waals surface area contributed by atoms with Gasteiger partial charge in [0.2, 0.25) is 0 Å². The molecule has 0 aliphatic carbocycles. The Morgan fingerprint density at radius 1 is 1.52 bits per heavy atom. The van der Waals surface area contributed by atoms with E-state index in [9.17, 15) is 9.18 Å². The number of pyridine rings is 1. The number of benzene rings is 1. The van der Waals surface area contributed by atoms with Crippen molar-refractivity contribution >= 4 is 23.8 Å². The van der Waals surface area contributed by atoms with Crippen LogP contribution < -0.4 is 0 Å². The number of esters is 1. The molecule has 0 atom stereocenters. The van der Waals surface area contributed by atoms with Gasteiger partial charge in [-0.2, -0.15) is 5.26 Å². The molecule has 0 saturated heterocycles. The standard InChI is InChI=1S/C17H13FN2O2S/c1-3-12-7-8-20-16(15(12)17(21)22-4-2)23-14-6-5-11(10-19)9-13(14)18/h3,5-9H,1,4H2,2H3. The number of nitriles is 1. The largest absolute Gasteiger partial charge is 0.462 e. The third-order valence-corrected chi connectivity index (χ3v) is 3.97. The van der Waals surface area contributed by atoms with Crippen LogP contribution in [0.4, 0.5) is 4.39 Å². The third kappa shape index (κ3) is 3.76. The van der Waals surface area contributed by atoms with Gasteiger partial charge in [-0.15, -0.1) is 0 Å². The molecule has 1 heterocycles. The normalized spacial score (nSPS) is 9.96. The Bertz CT molecular complexity index is 800. The van der Waals surface area contributed by atoms with E-state index in [0.717, 1.165) is 17.8 Å². The maximum absolute atomic E-state index is 14.1. The lowest BCUT2D eigenvalue weighted by molar-refractivity contribution is 0.0521. The van der Waals surface area contributed by atoms with Crippen LogP contribution in [0.15, 0.2) is 47.0 Å². The van der Waals surface area contributed by atoms with Crippen molar-refractivity contribution in [3.05, 3.63) is 59.5 Å². The zero-order chi connectivity index (χ0) is 16.8. The molecular weight excluding hydrogens is 315 g/mol. The van der Waals surface area contributed by atoms with E-state index in [1.54, 1.807) is 13.0 Å². The van der Waals surface area contributed by atoms with Gasteiger partial charge in [0.15, 0.2) is 0 Å². The van der Waals surface area contributed by atoms with Crippen LogP contribution in [0.3, 0.4) is 0 Å². The van der Waals surface area contributed by atoms with Gasteiger partial charge in [0.05, 0.1) is 23.8 Å². The monoisotopic (exact) mass is 328 g/mol. The Labute approximate surface area is 137 Å². The molecule has 0 radical (unpaired) electrons. The molecular formula is C17H13FN2O2S. The molecule has 1 aromatic carbocycles. The summed E-state index contributed by atoms with van der Waals surface area (Å²) in [4.78, 5) is 16.6. The van der Waals surface area contributed by atoms with Gasteiger partial charge in [0.25, 0.3) is 0 Å².